The fraction of sp³-hybridized carbons (Fsp3) is 0.154. The molecule has 3 rings (SSSR count). The number of carbonyl (C=O) groups excluding carboxylic acids is 1. The Labute approximate surface area is 102 Å². The van der Waals surface area contributed by atoms with E-state index in [4.69, 9.17) is 0 Å². The fourth-order valence-corrected chi connectivity index (χ4v) is 2.18. The van der Waals surface area contributed by atoms with Gasteiger partial charge in [-0.15, -0.1) is 0 Å². The molecule has 0 radical (unpaired) electrons. The van der Waals surface area contributed by atoms with Crippen LogP contribution in [0.1, 0.15) is 16.1 Å². The number of hydrogen-bond acceptors (Lipinski definition) is 1. The first-order chi connectivity index (χ1) is 8.66. The van der Waals surface area contributed by atoms with E-state index in [1.807, 2.05) is 0 Å². The molecule has 0 atom stereocenters. The molecular formula is C13H10F2N2O. The summed E-state index contributed by atoms with van der Waals surface area (Å²) in [7, 11) is 0. The molecule has 2 N–H and O–H groups in total. The van der Waals surface area contributed by atoms with Crippen molar-refractivity contribution in [3.63, 3.8) is 0 Å². The molecule has 1 aliphatic heterocycles. The molecule has 92 valence electrons. The van der Waals surface area contributed by atoms with Crippen LogP contribution in [0.15, 0.2) is 24.3 Å². The third-order valence-electron chi connectivity index (χ3n) is 3.04. The van der Waals surface area contributed by atoms with E-state index in [-0.39, 0.29) is 11.5 Å². The molecule has 5 heteroatoms. The van der Waals surface area contributed by atoms with Gasteiger partial charge >= 0.3 is 0 Å². The van der Waals surface area contributed by atoms with Gasteiger partial charge in [0.25, 0.3) is 5.91 Å². The van der Waals surface area contributed by atoms with Gasteiger partial charge in [0, 0.05) is 18.7 Å². The number of fused-ring (bicyclic) bond motifs is 1. The maximum absolute atomic E-state index is 13.6. The number of H-pyrrole nitrogens is 1. The van der Waals surface area contributed by atoms with Crippen molar-refractivity contribution < 1.29 is 13.6 Å². The van der Waals surface area contributed by atoms with Crippen molar-refractivity contribution in [1.29, 1.82) is 0 Å². The van der Waals surface area contributed by atoms with Gasteiger partial charge < -0.3 is 10.3 Å². The van der Waals surface area contributed by atoms with Crippen molar-refractivity contribution in [3.05, 3.63) is 47.2 Å². The summed E-state index contributed by atoms with van der Waals surface area (Å²) in [6.45, 7) is 0.533. The minimum atomic E-state index is -0.644. The largest absolute Gasteiger partial charge is 0.358 e. The lowest BCUT2D eigenvalue weighted by atomic mass is 10.1. The Hall–Kier alpha value is -2.17. The minimum absolute atomic E-state index is 0.125. The van der Waals surface area contributed by atoms with Crippen LogP contribution >= 0.6 is 0 Å². The molecule has 1 aliphatic rings. The van der Waals surface area contributed by atoms with Gasteiger partial charge in [-0.2, -0.15) is 0 Å². The van der Waals surface area contributed by atoms with Gasteiger partial charge in [0.15, 0.2) is 0 Å². The summed E-state index contributed by atoms with van der Waals surface area (Å²) in [4.78, 5) is 14.5. The van der Waals surface area contributed by atoms with Crippen LogP contribution in [0.2, 0.25) is 0 Å². The van der Waals surface area contributed by atoms with E-state index in [1.54, 1.807) is 0 Å². The van der Waals surface area contributed by atoms with Gasteiger partial charge in [-0.3, -0.25) is 4.79 Å². The van der Waals surface area contributed by atoms with E-state index in [1.165, 1.54) is 24.3 Å². The van der Waals surface area contributed by atoms with Crippen LogP contribution in [0.5, 0.6) is 0 Å². The Kier molecular flexibility index (Phi) is 2.40. The molecule has 0 aliphatic carbocycles. The number of carbonyl (C=O) groups is 1. The van der Waals surface area contributed by atoms with Crippen LogP contribution < -0.4 is 5.32 Å². The van der Waals surface area contributed by atoms with Crippen LogP contribution in [0.3, 0.4) is 0 Å². The zero-order valence-electron chi connectivity index (χ0n) is 9.39. The maximum atomic E-state index is 13.6. The fourth-order valence-electron chi connectivity index (χ4n) is 2.18. The first-order valence-corrected chi connectivity index (χ1v) is 5.61. The Balaban J connectivity index is 2.16. The van der Waals surface area contributed by atoms with Crippen LogP contribution in [0.4, 0.5) is 8.78 Å². The highest BCUT2D eigenvalue weighted by molar-refractivity contribution is 5.97. The Morgan fingerprint density at radius 2 is 1.89 bits per heavy atom. The molecule has 0 spiro atoms. The molecule has 1 amide bonds. The second-order valence-electron chi connectivity index (χ2n) is 4.18. The van der Waals surface area contributed by atoms with E-state index in [2.05, 4.69) is 10.3 Å². The standard InChI is InChI=1S/C13H10F2N2O/c14-8-2-1-3-9(15)12(8)11-6-7-10(17-11)4-5-16-13(7)18/h1-3,6,17H,4-5H2,(H,16,18). The monoisotopic (exact) mass is 248 g/mol. The lowest BCUT2D eigenvalue weighted by Crippen LogP contribution is -2.31. The summed E-state index contributed by atoms with van der Waals surface area (Å²) < 4.78 is 27.3. The smallest absolute Gasteiger partial charge is 0.253 e. The minimum Gasteiger partial charge on any atom is -0.358 e. The summed E-state index contributed by atoms with van der Waals surface area (Å²) >= 11 is 0. The van der Waals surface area contributed by atoms with Crippen molar-refractivity contribution in [2.45, 2.75) is 6.42 Å². The van der Waals surface area contributed by atoms with Crippen molar-refractivity contribution >= 4 is 5.91 Å². The van der Waals surface area contributed by atoms with Crippen molar-refractivity contribution in [2.75, 3.05) is 6.54 Å². The number of benzene rings is 1. The van der Waals surface area contributed by atoms with Crippen molar-refractivity contribution in [3.8, 4) is 11.3 Å². The predicted octanol–water partition coefficient (Wildman–Crippen LogP) is 2.25. The lowest BCUT2D eigenvalue weighted by molar-refractivity contribution is 0.0946. The molecule has 2 aromatic rings. The van der Waals surface area contributed by atoms with Gasteiger partial charge in [0.05, 0.1) is 16.8 Å². The van der Waals surface area contributed by atoms with Gasteiger partial charge in [-0.05, 0) is 18.2 Å². The summed E-state index contributed by atoms with van der Waals surface area (Å²) in [5.41, 5.74) is 1.35. The van der Waals surface area contributed by atoms with Gasteiger partial charge in [-0.1, -0.05) is 6.07 Å². The molecule has 1 aromatic heterocycles. The van der Waals surface area contributed by atoms with E-state index < -0.39 is 11.6 Å². The number of aromatic amines is 1. The zero-order chi connectivity index (χ0) is 12.7. The number of rotatable bonds is 1. The van der Waals surface area contributed by atoms with E-state index in [9.17, 15) is 13.6 Å². The number of nitrogens with one attached hydrogen (secondary N) is 2. The molecular weight excluding hydrogens is 238 g/mol. The summed E-state index contributed by atoms with van der Waals surface area (Å²) in [6.07, 6.45) is 0.636. The van der Waals surface area contributed by atoms with E-state index >= 15 is 0 Å². The normalized spacial score (nSPS) is 14.2. The van der Waals surface area contributed by atoms with Crippen LogP contribution in [0, 0.1) is 11.6 Å². The van der Waals surface area contributed by atoms with Crippen LogP contribution in [-0.4, -0.2) is 17.4 Å². The molecule has 0 saturated carbocycles. The SMILES string of the molecule is O=C1NCCc2[nH]c(-c3c(F)cccc3F)cc21. The lowest BCUT2D eigenvalue weighted by Gasteiger charge is -2.10. The zero-order valence-corrected chi connectivity index (χ0v) is 9.39. The Bertz CT molecular complexity index is 614. The second-order valence-corrected chi connectivity index (χ2v) is 4.18. The molecule has 2 heterocycles. The molecule has 0 fully saturated rings. The quantitative estimate of drug-likeness (QED) is 0.798. The first kappa shape index (κ1) is 11.0. The van der Waals surface area contributed by atoms with Gasteiger partial charge in [-0.25, -0.2) is 8.78 Å². The summed E-state index contributed by atoms with van der Waals surface area (Å²) in [5, 5.41) is 2.69. The summed E-state index contributed by atoms with van der Waals surface area (Å²) in [6, 6.07) is 5.19. The number of aromatic nitrogens is 1. The third-order valence-corrected chi connectivity index (χ3v) is 3.04. The average molecular weight is 248 g/mol. The van der Waals surface area contributed by atoms with E-state index in [0.717, 1.165) is 5.69 Å². The molecule has 1 aromatic carbocycles. The second kappa shape index (κ2) is 3.94. The molecule has 0 saturated heterocycles. The summed E-state index contributed by atoms with van der Waals surface area (Å²) in [5.74, 6) is -1.50. The molecule has 3 nitrogen and oxygen atoms in total. The van der Waals surface area contributed by atoms with Crippen LogP contribution in [0.25, 0.3) is 11.3 Å². The highest BCUT2D eigenvalue weighted by Gasteiger charge is 2.22. The third kappa shape index (κ3) is 1.59. The predicted molar refractivity (Wildman–Crippen MR) is 62.2 cm³/mol. The number of amides is 1. The Morgan fingerprint density at radius 3 is 2.56 bits per heavy atom. The van der Waals surface area contributed by atoms with E-state index in [0.29, 0.717) is 24.2 Å². The molecule has 0 unspecified atom stereocenters. The number of hydrogen-bond donors (Lipinski definition) is 2. The van der Waals surface area contributed by atoms with Crippen molar-refractivity contribution in [2.24, 2.45) is 0 Å². The first-order valence-electron chi connectivity index (χ1n) is 5.61. The van der Waals surface area contributed by atoms with Gasteiger partial charge in [0.1, 0.15) is 11.6 Å². The molecule has 18 heavy (non-hydrogen) atoms. The van der Waals surface area contributed by atoms with Crippen molar-refractivity contribution in [1.82, 2.24) is 10.3 Å². The number of halogens is 2. The highest BCUT2D eigenvalue weighted by atomic mass is 19.1. The van der Waals surface area contributed by atoms with Gasteiger partial charge in [0.2, 0.25) is 0 Å². The van der Waals surface area contributed by atoms with Crippen LogP contribution in [-0.2, 0) is 6.42 Å². The maximum Gasteiger partial charge on any atom is 0.253 e. The molecule has 0 bridgehead atoms. The average Bonchev–Trinajstić information content (AvgIpc) is 2.74. The highest BCUT2D eigenvalue weighted by Crippen LogP contribution is 2.28. The Morgan fingerprint density at radius 1 is 1.17 bits per heavy atom. The topological polar surface area (TPSA) is 44.9 Å².